The molecule has 0 saturated heterocycles. The molecule has 0 saturated carbocycles. The van der Waals surface area contributed by atoms with Crippen molar-refractivity contribution >= 4 is 87.1 Å². The van der Waals surface area contributed by atoms with Gasteiger partial charge in [-0.25, -0.2) is 9.97 Å². The largest absolute Gasteiger partial charge is 0.309 e. The molecule has 0 bridgehead atoms. The van der Waals surface area contributed by atoms with E-state index in [9.17, 15) is 0 Å². The standard InChI is InChI=1S/C54H33N5/c1-2-15-35(16-3-1)52-43-29-26-34-14-4-5-17-38(34)53(43)56-54(55-52)59-50-30-27-36(57-46-22-10-6-18-39(46)40-19-7-11-23-47(40)57)32-44(50)45-33-37(28-31-51(45)59)58-48-24-12-8-20-41(48)42-21-9-13-25-49(42)58/h1-33H. The minimum absolute atomic E-state index is 0.641. The Morgan fingerprint density at radius 1 is 0.288 bits per heavy atom. The van der Waals surface area contributed by atoms with Crippen LogP contribution in [0.15, 0.2) is 200 Å². The molecule has 4 aromatic heterocycles. The Labute approximate surface area is 338 Å². The molecule has 0 unspecified atom stereocenters. The van der Waals surface area contributed by atoms with Crippen LogP contribution >= 0.6 is 0 Å². The lowest BCUT2D eigenvalue weighted by Crippen LogP contribution is -2.04. The first-order valence-corrected chi connectivity index (χ1v) is 20.1. The third-order valence-corrected chi connectivity index (χ3v) is 12.2. The third kappa shape index (κ3) is 4.61. The van der Waals surface area contributed by atoms with Crippen LogP contribution in [0.1, 0.15) is 0 Å². The summed E-state index contributed by atoms with van der Waals surface area (Å²) in [7, 11) is 0. The van der Waals surface area contributed by atoms with Gasteiger partial charge in [-0.1, -0.05) is 133 Å². The fourth-order valence-corrected chi connectivity index (χ4v) is 9.66. The predicted octanol–water partition coefficient (Wildman–Crippen LogP) is 13.7. The highest BCUT2D eigenvalue weighted by atomic mass is 15.2. The molecular weight excluding hydrogens is 719 g/mol. The second kappa shape index (κ2) is 12.2. The average molecular weight is 752 g/mol. The van der Waals surface area contributed by atoms with Gasteiger partial charge in [0.15, 0.2) is 0 Å². The van der Waals surface area contributed by atoms with E-state index in [0.717, 1.165) is 66.1 Å². The van der Waals surface area contributed by atoms with Crippen molar-refractivity contribution in [1.29, 1.82) is 0 Å². The number of hydrogen-bond acceptors (Lipinski definition) is 2. The lowest BCUT2D eigenvalue weighted by atomic mass is 10.0. The Kier molecular flexibility index (Phi) is 6.66. The number of rotatable bonds is 4. The maximum atomic E-state index is 5.48. The molecule has 4 heterocycles. The van der Waals surface area contributed by atoms with Crippen molar-refractivity contribution in [3.8, 4) is 28.6 Å². The van der Waals surface area contributed by atoms with Gasteiger partial charge in [-0.3, -0.25) is 4.57 Å². The minimum Gasteiger partial charge on any atom is -0.309 e. The Hall–Kier alpha value is -8.02. The monoisotopic (exact) mass is 751 g/mol. The van der Waals surface area contributed by atoms with E-state index in [-0.39, 0.29) is 0 Å². The molecule has 5 heteroatoms. The summed E-state index contributed by atoms with van der Waals surface area (Å²) in [5.41, 5.74) is 11.9. The Morgan fingerprint density at radius 3 is 1.25 bits per heavy atom. The normalized spacial score (nSPS) is 12.1. The number of benzene rings is 9. The van der Waals surface area contributed by atoms with Crippen LogP contribution in [-0.4, -0.2) is 23.7 Å². The van der Waals surface area contributed by atoms with E-state index in [2.05, 4.69) is 214 Å². The van der Waals surface area contributed by atoms with Crippen molar-refractivity contribution in [2.45, 2.75) is 0 Å². The lowest BCUT2D eigenvalue weighted by molar-refractivity contribution is 1.01. The summed E-state index contributed by atoms with van der Waals surface area (Å²) in [6.07, 6.45) is 0. The molecule has 9 aromatic carbocycles. The van der Waals surface area contributed by atoms with Gasteiger partial charge in [0.05, 0.1) is 44.3 Å². The van der Waals surface area contributed by atoms with E-state index in [0.29, 0.717) is 5.95 Å². The summed E-state index contributed by atoms with van der Waals surface area (Å²) in [4.78, 5) is 11.0. The van der Waals surface area contributed by atoms with Crippen LogP contribution in [-0.2, 0) is 0 Å². The van der Waals surface area contributed by atoms with Crippen LogP contribution < -0.4 is 0 Å². The van der Waals surface area contributed by atoms with Crippen LogP contribution in [0, 0.1) is 0 Å². The summed E-state index contributed by atoms with van der Waals surface area (Å²) in [5, 5.41) is 10.5. The van der Waals surface area contributed by atoms with Crippen molar-refractivity contribution < 1.29 is 0 Å². The summed E-state index contributed by atoms with van der Waals surface area (Å²) < 4.78 is 7.07. The van der Waals surface area contributed by atoms with Gasteiger partial charge in [-0.15, -0.1) is 0 Å². The second-order valence-corrected chi connectivity index (χ2v) is 15.4. The van der Waals surface area contributed by atoms with Gasteiger partial charge in [0.1, 0.15) is 0 Å². The fraction of sp³-hybridized carbons (Fsp3) is 0. The highest BCUT2D eigenvalue weighted by Gasteiger charge is 2.21. The molecule has 0 N–H and O–H groups in total. The number of aromatic nitrogens is 5. The highest BCUT2D eigenvalue weighted by Crippen LogP contribution is 2.40. The van der Waals surface area contributed by atoms with Gasteiger partial charge in [-0.2, -0.15) is 0 Å². The molecular formula is C54H33N5. The van der Waals surface area contributed by atoms with Gasteiger partial charge in [0, 0.05) is 60.0 Å². The predicted molar refractivity (Wildman–Crippen MR) is 245 cm³/mol. The van der Waals surface area contributed by atoms with E-state index in [4.69, 9.17) is 9.97 Å². The molecule has 0 aliphatic carbocycles. The molecule has 13 aromatic rings. The Balaban J connectivity index is 1.15. The summed E-state index contributed by atoms with van der Waals surface area (Å²) in [6, 6.07) is 71.9. The first-order valence-electron chi connectivity index (χ1n) is 20.1. The van der Waals surface area contributed by atoms with E-state index < -0.39 is 0 Å². The molecule has 0 atom stereocenters. The quantitative estimate of drug-likeness (QED) is 0.168. The molecule has 0 amide bonds. The third-order valence-electron chi connectivity index (χ3n) is 12.2. The van der Waals surface area contributed by atoms with Crippen molar-refractivity contribution in [3.05, 3.63) is 200 Å². The second-order valence-electron chi connectivity index (χ2n) is 15.4. The van der Waals surface area contributed by atoms with Crippen molar-refractivity contribution in [2.75, 3.05) is 0 Å². The molecule has 5 nitrogen and oxygen atoms in total. The molecule has 0 aliphatic heterocycles. The maximum Gasteiger partial charge on any atom is 0.235 e. The first kappa shape index (κ1) is 32.1. The lowest BCUT2D eigenvalue weighted by Gasteiger charge is -2.14. The highest BCUT2D eigenvalue weighted by molar-refractivity contribution is 6.15. The van der Waals surface area contributed by atoms with Crippen LogP contribution in [0.4, 0.5) is 0 Å². The number of hydrogen-bond donors (Lipinski definition) is 0. The van der Waals surface area contributed by atoms with Crippen LogP contribution in [0.5, 0.6) is 0 Å². The molecule has 0 aliphatic rings. The van der Waals surface area contributed by atoms with Crippen molar-refractivity contribution in [2.24, 2.45) is 0 Å². The summed E-state index contributed by atoms with van der Waals surface area (Å²) in [6.45, 7) is 0. The number of para-hydroxylation sites is 4. The zero-order valence-corrected chi connectivity index (χ0v) is 31.8. The average Bonchev–Trinajstić information content (AvgIpc) is 3.94. The van der Waals surface area contributed by atoms with Gasteiger partial charge in [0.2, 0.25) is 5.95 Å². The Bertz CT molecular complexity index is 3570. The minimum atomic E-state index is 0.641. The molecule has 274 valence electrons. The molecule has 0 radical (unpaired) electrons. The van der Waals surface area contributed by atoms with Crippen LogP contribution in [0.2, 0.25) is 0 Å². The van der Waals surface area contributed by atoms with Crippen LogP contribution in [0.3, 0.4) is 0 Å². The SMILES string of the molecule is c1ccc(-c2nc(-n3c4ccc(-n5c6ccccc6c6ccccc65)cc4c4cc(-n5c6ccccc6c6ccccc65)ccc43)nc3c2ccc2ccccc23)cc1. The number of nitrogens with zero attached hydrogens (tertiary/aromatic N) is 5. The zero-order valence-electron chi connectivity index (χ0n) is 31.8. The molecule has 13 rings (SSSR count). The first-order chi connectivity index (χ1) is 29.3. The maximum absolute atomic E-state index is 5.48. The fourth-order valence-electron chi connectivity index (χ4n) is 9.66. The summed E-state index contributed by atoms with van der Waals surface area (Å²) >= 11 is 0. The van der Waals surface area contributed by atoms with E-state index >= 15 is 0 Å². The molecule has 0 fully saturated rings. The van der Waals surface area contributed by atoms with Gasteiger partial charge in [-0.05, 0) is 72.1 Å². The van der Waals surface area contributed by atoms with Gasteiger partial charge < -0.3 is 9.13 Å². The van der Waals surface area contributed by atoms with Crippen molar-refractivity contribution in [1.82, 2.24) is 23.7 Å². The van der Waals surface area contributed by atoms with Crippen LogP contribution in [0.25, 0.3) is 116 Å². The topological polar surface area (TPSA) is 40.6 Å². The molecule has 59 heavy (non-hydrogen) atoms. The van der Waals surface area contributed by atoms with Gasteiger partial charge in [0.25, 0.3) is 0 Å². The smallest absolute Gasteiger partial charge is 0.235 e. The summed E-state index contributed by atoms with van der Waals surface area (Å²) in [5.74, 6) is 0.641. The van der Waals surface area contributed by atoms with E-state index in [1.807, 2.05) is 0 Å². The Morgan fingerprint density at radius 2 is 0.729 bits per heavy atom. The van der Waals surface area contributed by atoms with Gasteiger partial charge >= 0.3 is 0 Å². The van der Waals surface area contributed by atoms with Crippen molar-refractivity contribution in [3.63, 3.8) is 0 Å². The molecule has 0 spiro atoms. The van der Waals surface area contributed by atoms with E-state index in [1.165, 1.54) is 43.6 Å². The van der Waals surface area contributed by atoms with E-state index in [1.54, 1.807) is 0 Å². The number of fused-ring (bicyclic) bond motifs is 12. The zero-order chi connectivity index (χ0) is 38.6.